The molecule has 1 atom stereocenters. The summed E-state index contributed by atoms with van der Waals surface area (Å²) in [5.74, 6) is -1.34. The van der Waals surface area contributed by atoms with Gasteiger partial charge in [0.2, 0.25) is 0 Å². The number of nitrogen functional groups attached to an aromatic ring is 1. The van der Waals surface area contributed by atoms with E-state index in [4.69, 9.17) is 11.5 Å². The molecule has 0 unspecified atom stereocenters. The Morgan fingerprint density at radius 2 is 2.05 bits per heavy atom. The lowest BCUT2D eigenvalue weighted by Gasteiger charge is -2.16. The summed E-state index contributed by atoms with van der Waals surface area (Å²) >= 11 is 1.54. The van der Waals surface area contributed by atoms with Crippen LogP contribution in [0.2, 0.25) is 0 Å². The van der Waals surface area contributed by atoms with Crippen LogP contribution in [0, 0.1) is 0 Å². The number of fused-ring (bicyclic) bond motifs is 1. The number of thioether (sulfide) groups is 1. The lowest BCUT2D eigenvalue weighted by Crippen LogP contribution is -2.46. The topological polar surface area (TPSA) is 106 Å². The number of benzene rings is 1. The fourth-order valence-electron chi connectivity index (χ4n) is 2.05. The molecule has 0 aliphatic carbocycles. The maximum Gasteiger partial charge on any atom is 0.270 e. The third kappa shape index (κ3) is 2.30. The van der Waals surface area contributed by atoms with Crippen molar-refractivity contribution in [2.45, 2.75) is 12.5 Å². The van der Waals surface area contributed by atoms with E-state index in [2.05, 4.69) is 0 Å². The highest BCUT2D eigenvalue weighted by molar-refractivity contribution is 7.98. The van der Waals surface area contributed by atoms with E-state index < -0.39 is 23.8 Å². The van der Waals surface area contributed by atoms with Crippen LogP contribution in [0.5, 0.6) is 0 Å². The number of carbonyl (C=O) groups is 3. The van der Waals surface area contributed by atoms with Crippen LogP contribution in [0.1, 0.15) is 27.1 Å². The van der Waals surface area contributed by atoms with Crippen molar-refractivity contribution in [3.63, 3.8) is 0 Å². The zero-order valence-corrected chi connectivity index (χ0v) is 11.8. The Hall–Kier alpha value is -1.86. The number of hydrogen-bond donors (Lipinski definition) is 2. The van der Waals surface area contributed by atoms with Gasteiger partial charge in [0.05, 0.1) is 17.2 Å². The fourth-order valence-corrected chi connectivity index (χ4v) is 2.54. The third-order valence-electron chi connectivity index (χ3n) is 3.12. The minimum Gasteiger partial charge on any atom is -0.398 e. The molecule has 0 saturated carbocycles. The molecule has 1 heterocycles. The zero-order chi connectivity index (χ0) is 14.9. The molecule has 0 radical (unpaired) electrons. The molecule has 2 rings (SSSR count). The Labute approximate surface area is 120 Å². The zero-order valence-electron chi connectivity index (χ0n) is 11.0. The van der Waals surface area contributed by atoms with Crippen LogP contribution in [0.3, 0.4) is 0 Å². The van der Waals surface area contributed by atoms with Crippen LogP contribution in [0.15, 0.2) is 18.2 Å². The normalized spacial score (nSPS) is 15.4. The van der Waals surface area contributed by atoms with Gasteiger partial charge >= 0.3 is 0 Å². The minimum absolute atomic E-state index is 0.0860. The molecule has 6 nitrogen and oxygen atoms in total. The highest BCUT2D eigenvalue weighted by Gasteiger charge is 2.42. The van der Waals surface area contributed by atoms with Gasteiger partial charge in [0.1, 0.15) is 0 Å². The Kier molecular flexibility index (Phi) is 4.10. The van der Waals surface area contributed by atoms with Gasteiger partial charge in [-0.05, 0) is 30.6 Å². The maximum absolute atomic E-state index is 12.2. The molecule has 0 bridgehead atoms. The number of hydrogen-bond acceptors (Lipinski definition) is 6. The van der Waals surface area contributed by atoms with Gasteiger partial charge in [0, 0.05) is 5.69 Å². The molecule has 106 valence electrons. The molecule has 20 heavy (non-hydrogen) atoms. The second kappa shape index (κ2) is 5.64. The Bertz CT molecular complexity index is 588. The molecular formula is C13H15N3O3S. The summed E-state index contributed by atoms with van der Waals surface area (Å²) in [6.45, 7) is 0. The van der Waals surface area contributed by atoms with Gasteiger partial charge in [-0.3, -0.25) is 14.4 Å². The average molecular weight is 293 g/mol. The van der Waals surface area contributed by atoms with Crippen molar-refractivity contribution in [2.24, 2.45) is 5.73 Å². The lowest BCUT2D eigenvalue weighted by atomic mass is 10.1. The summed E-state index contributed by atoms with van der Waals surface area (Å²) in [5.41, 5.74) is 11.9. The quantitative estimate of drug-likeness (QED) is 0.617. The molecule has 0 saturated heterocycles. The Balaban J connectivity index is 2.29. The van der Waals surface area contributed by atoms with Crippen molar-refractivity contribution in [1.29, 1.82) is 0 Å². The van der Waals surface area contributed by atoms with Crippen molar-refractivity contribution in [2.75, 3.05) is 17.7 Å². The van der Waals surface area contributed by atoms with Crippen LogP contribution in [-0.2, 0) is 4.79 Å². The van der Waals surface area contributed by atoms with E-state index in [0.29, 0.717) is 17.1 Å². The van der Waals surface area contributed by atoms with Gasteiger partial charge in [0.25, 0.3) is 17.7 Å². The molecule has 1 aliphatic heterocycles. The minimum atomic E-state index is -0.870. The molecule has 4 N–H and O–H groups in total. The van der Waals surface area contributed by atoms with Gasteiger partial charge in [-0.1, -0.05) is 6.07 Å². The van der Waals surface area contributed by atoms with Crippen LogP contribution >= 0.6 is 11.8 Å². The number of imide groups is 3. The standard InChI is InChI=1S/C13H15N3O3S/c1-20-6-5-9(15)12(18)16-11(17)7-3-2-4-8(14)10(7)13(16)19/h2-4,9H,5-6,14-15H2,1H3/t9-/m0/s1. The average Bonchev–Trinajstić information content (AvgIpc) is 2.68. The predicted octanol–water partition coefficient (Wildman–Crippen LogP) is 0.472. The number of carbonyl (C=O) groups excluding carboxylic acids is 3. The summed E-state index contributed by atoms with van der Waals surface area (Å²) in [5, 5.41) is 0. The number of nitrogens with two attached hydrogens (primary N) is 2. The van der Waals surface area contributed by atoms with E-state index in [-0.39, 0.29) is 16.8 Å². The van der Waals surface area contributed by atoms with E-state index >= 15 is 0 Å². The van der Waals surface area contributed by atoms with Crippen LogP contribution in [-0.4, -0.2) is 40.7 Å². The number of anilines is 1. The molecule has 1 aliphatic rings. The number of amides is 3. The van der Waals surface area contributed by atoms with Gasteiger partial charge < -0.3 is 11.5 Å². The van der Waals surface area contributed by atoms with Crippen LogP contribution in [0.25, 0.3) is 0 Å². The maximum atomic E-state index is 12.2. The first-order valence-corrected chi connectivity index (χ1v) is 7.44. The highest BCUT2D eigenvalue weighted by atomic mass is 32.2. The van der Waals surface area contributed by atoms with E-state index in [1.807, 2.05) is 6.26 Å². The van der Waals surface area contributed by atoms with Crippen molar-refractivity contribution in [3.05, 3.63) is 29.3 Å². The smallest absolute Gasteiger partial charge is 0.270 e. The second-order valence-corrected chi connectivity index (χ2v) is 5.43. The largest absolute Gasteiger partial charge is 0.398 e. The van der Waals surface area contributed by atoms with Gasteiger partial charge in [0.15, 0.2) is 0 Å². The van der Waals surface area contributed by atoms with E-state index in [1.165, 1.54) is 12.1 Å². The molecule has 0 aromatic heterocycles. The van der Waals surface area contributed by atoms with E-state index in [1.54, 1.807) is 17.8 Å². The molecule has 7 heteroatoms. The highest BCUT2D eigenvalue weighted by Crippen LogP contribution is 2.28. The Morgan fingerprint density at radius 3 is 2.65 bits per heavy atom. The summed E-state index contributed by atoms with van der Waals surface area (Å²) in [4.78, 5) is 37.1. The first-order chi connectivity index (χ1) is 9.49. The van der Waals surface area contributed by atoms with Crippen molar-refractivity contribution in [1.82, 2.24) is 4.90 Å². The van der Waals surface area contributed by atoms with Crippen molar-refractivity contribution < 1.29 is 14.4 Å². The summed E-state index contributed by atoms with van der Waals surface area (Å²) in [7, 11) is 0. The van der Waals surface area contributed by atoms with Gasteiger partial charge in [-0.2, -0.15) is 11.8 Å². The number of rotatable bonds is 4. The monoisotopic (exact) mass is 293 g/mol. The fraction of sp³-hybridized carbons (Fsp3) is 0.308. The molecule has 0 fully saturated rings. The van der Waals surface area contributed by atoms with Crippen molar-refractivity contribution in [3.8, 4) is 0 Å². The Morgan fingerprint density at radius 1 is 1.35 bits per heavy atom. The van der Waals surface area contributed by atoms with E-state index in [9.17, 15) is 14.4 Å². The molecule has 0 spiro atoms. The lowest BCUT2D eigenvalue weighted by molar-refractivity contribution is -0.127. The van der Waals surface area contributed by atoms with Crippen molar-refractivity contribution >= 4 is 35.2 Å². The molecule has 1 aromatic rings. The van der Waals surface area contributed by atoms with Gasteiger partial charge in [-0.25, -0.2) is 4.90 Å². The van der Waals surface area contributed by atoms with Gasteiger partial charge in [-0.15, -0.1) is 0 Å². The molecule has 1 aromatic carbocycles. The predicted molar refractivity (Wildman–Crippen MR) is 77.3 cm³/mol. The second-order valence-electron chi connectivity index (χ2n) is 4.44. The first kappa shape index (κ1) is 14.5. The third-order valence-corrected chi connectivity index (χ3v) is 3.76. The van der Waals surface area contributed by atoms with Crippen LogP contribution in [0.4, 0.5) is 5.69 Å². The SMILES string of the molecule is CSCC[C@H](N)C(=O)N1C(=O)c2cccc(N)c2C1=O. The summed E-state index contributed by atoms with van der Waals surface area (Å²) in [6.07, 6.45) is 2.29. The molecule has 3 amide bonds. The number of nitrogens with zero attached hydrogens (tertiary/aromatic N) is 1. The molecular weight excluding hydrogens is 278 g/mol. The summed E-state index contributed by atoms with van der Waals surface area (Å²) in [6, 6.07) is 3.70. The summed E-state index contributed by atoms with van der Waals surface area (Å²) < 4.78 is 0. The first-order valence-electron chi connectivity index (χ1n) is 6.04. The van der Waals surface area contributed by atoms with Crippen LogP contribution < -0.4 is 11.5 Å². The van der Waals surface area contributed by atoms with E-state index in [0.717, 1.165) is 0 Å².